The average Bonchev–Trinajstić information content (AvgIpc) is 3.05. The van der Waals surface area contributed by atoms with Crippen molar-refractivity contribution < 1.29 is 0 Å². The first kappa shape index (κ1) is 11.4. The first-order valence-electron chi connectivity index (χ1n) is 6.87. The molecule has 0 atom stereocenters. The summed E-state index contributed by atoms with van der Waals surface area (Å²) in [6.07, 6.45) is 12.8. The van der Waals surface area contributed by atoms with Gasteiger partial charge in [-0.2, -0.15) is 0 Å². The van der Waals surface area contributed by atoms with Crippen LogP contribution < -0.4 is 5.73 Å². The molecule has 2 aliphatic carbocycles. The topological polar surface area (TPSA) is 29.3 Å². The number of rotatable bonds is 5. The van der Waals surface area contributed by atoms with Crippen molar-refractivity contribution in [2.45, 2.75) is 69.9 Å². The van der Waals surface area contributed by atoms with Crippen molar-refractivity contribution in [3.63, 3.8) is 0 Å². The van der Waals surface area contributed by atoms with E-state index in [2.05, 4.69) is 4.90 Å². The zero-order valence-corrected chi connectivity index (χ0v) is 9.96. The molecule has 0 saturated heterocycles. The number of nitrogens with two attached hydrogens (primary N) is 1. The second kappa shape index (κ2) is 5.86. The van der Waals surface area contributed by atoms with Crippen molar-refractivity contribution in [3.05, 3.63) is 0 Å². The van der Waals surface area contributed by atoms with Gasteiger partial charge in [-0.05, 0) is 45.2 Å². The lowest BCUT2D eigenvalue weighted by Gasteiger charge is -2.31. The van der Waals surface area contributed by atoms with Crippen LogP contribution in [0.5, 0.6) is 0 Å². The molecule has 15 heavy (non-hydrogen) atoms. The molecule has 2 N–H and O–H groups in total. The average molecular weight is 210 g/mol. The van der Waals surface area contributed by atoms with Gasteiger partial charge in [-0.15, -0.1) is 0 Å². The van der Waals surface area contributed by atoms with Gasteiger partial charge in [0.2, 0.25) is 0 Å². The molecule has 88 valence electrons. The molecule has 2 saturated carbocycles. The van der Waals surface area contributed by atoms with Crippen LogP contribution in [0.3, 0.4) is 0 Å². The molecule has 0 spiro atoms. The third kappa shape index (κ3) is 3.46. The highest BCUT2D eigenvalue weighted by Crippen LogP contribution is 2.33. The molecule has 0 amide bonds. The van der Waals surface area contributed by atoms with Gasteiger partial charge in [0, 0.05) is 12.1 Å². The van der Waals surface area contributed by atoms with Gasteiger partial charge in [0.05, 0.1) is 0 Å². The van der Waals surface area contributed by atoms with Gasteiger partial charge in [-0.1, -0.05) is 25.7 Å². The molecule has 0 aromatic heterocycles. The molecule has 2 heteroatoms. The smallest absolute Gasteiger partial charge is 0.00993 e. The van der Waals surface area contributed by atoms with Crippen LogP contribution in [0.15, 0.2) is 0 Å². The molecule has 2 aliphatic rings. The molecule has 0 aliphatic heterocycles. The summed E-state index contributed by atoms with van der Waals surface area (Å²) in [6.45, 7) is 2.11. The molecule has 2 fully saturated rings. The van der Waals surface area contributed by atoms with Crippen LogP contribution in [-0.4, -0.2) is 30.1 Å². The Bertz CT molecular complexity index is 169. The van der Waals surface area contributed by atoms with Crippen molar-refractivity contribution >= 4 is 0 Å². The number of hydrogen-bond donors (Lipinski definition) is 1. The van der Waals surface area contributed by atoms with Crippen molar-refractivity contribution in [1.82, 2.24) is 4.90 Å². The molecule has 0 aromatic carbocycles. The molecule has 2 rings (SSSR count). The Morgan fingerprint density at radius 1 is 0.867 bits per heavy atom. The van der Waals surface area contributed by atoms with Gasteiger partial charge in [-0.25, -0.2) is 0 Å². The summed E-state index contributed by atoms with van der Waals surface area (Å²) in [7, 11) is 0. The van der Waals surface area contributed by atoms with Crippen LogP contribution in [0.4, 0.5) is 0 Å². The van der Waals surface area contributed by atoms with E-state index >= 15 is 0 Å². The molecule has 2 nitrogen and oxygen atoms in total. The minimum Gasteiger partial charge on any atom is -0.330 e. The zero-order valence-electron chi connectivity index (χ0n) is 9.96. The summed E-state index contributed by atoms with van der Waals surface area (Å²) in [5.41, 5.74) is 5.63. The van der Waals surface area contributed by atoms with Crippen LogP contribution >= 0.6 is 0 Å². The maximum atomic E-state index is 5.63. The lowest BCUT2D eigenvalue weighted by atomic mass is 10.1. The zero-order chi connectivity index (χ0) is 10.5. The van der Waals surface area contributed by atoms with E-state index in [0.29, 0.717) is 0 Å². The summed E-state index contributed by atoms with van der Waals surface area (Å²) in [5, 5.41) is 0. The Labute approximate surface area is 94.2 Å². The summed E-state index contributed by atoms with van der Waals surface area (Å²) in [6, 6.07) is 1.83. The lowest BCUT2D eigenvalue weighted by Crippen LogP contribution is -2.38. The van der Waals surface area contributed by atoms with Gasteiger partial charge in [0.1, 0.15) is 0 Å². The first-order valence-corrected chi connectivity index (χ1v) is 6.87. The third-order valence-electron chi connectivity index (χ3n) is 3.93. The van der Waals surface area contributed by atoms with E-state index in [0.717, 1.165) is 18.6 Å². The van der Waals surface area contributed by atoms with Crippen LogP contribution in [-0.2, 0) is 0 Å². The van der Waals surface area contributed by atoms with Crippen LogP contribution in [0.1, 0.15) is 57.8 Å². The Morgan fingerprint density at radius 2 is 1.47 bits per heavy atom. The first-order chi connectivity index (χ1) is 7.42. The van der Waals surface area contributed by atoms with Crippen molar-refractivity contribution in [1.29, 1.82) is 0 Å². The summed E-state index contributed by atoms with van der Waals surface area (Å²) in [4.78, 5) is 2.79. The molecule has 0 aromatic rings. The molecule has 0 bridgehead atoms. The Morgan fingerprint density at radius 3 is 2.00 bits per heavy atom. The molecule has 0 heterocycles. The fraction of sp³-hybridized carbons (Fsp3) is 1.00. The highest BCUT2D eigenvalue weighted by Gasteiger charge is 2.33. The van der Waals surface area contributed by atoms with Gasteiger partial charge in [0.15, 0.2) is 0 Å². The largest absolute Gasteiger partial charge is 0.330 e. The third-order valence-corrected chi connectivity index (χ3v) is 3.93. The summed E-state index contributed by atoms with van der Waals surface area (Å²) >= 11 is 0. The van der Waals surface area contributed by atoms with E-state index in [9.17, 15) is 0 Å². The normalized spacial score (nSPS) is 24.4. The quantitative estimate of drug-likeness (QED) is 0.707. The van der Waals surface area contributed by atoms with Gasteiger partial charge in [-0.3, -0.25) is 4.90 Å². The highest BCUT2D eigenvalue weighted by atomic mass is 15.2. The maximum Gasteiger partial charge on any atom is 0.00993 e. The van der Waals surface area contributed by atoms with E-state index < -0.39 is 0 Å². The van der Waals surface area contributed by atoms with Crippen molar-refractivity contribution in [2.24, 2.45) is 5.73 Å². The number of nitrogens with zero attached hydrogens (tertiary/aromatic N) is 1. The molecule has 0 unspecified atom stereocenters. The van der Waals surface area contributed by atoms with Gasteiger partial charge < -0.3 is 5.73 Å². The lowest BCUT2D eigenvalue weighted by molar-refractivity contribution is 0.168. The second-order valence-corrected chi connectivity index (χ2v) is 5.26. The minimum atomic E-state index is 0.857. The fourth-order valence-electron chi connectivity index (χ4n) is 2.93. The van der Waals surface area contributed by atoms with E-state index in [4.69, 9.17) is 5.73 Å². The van der Waals surface area contributed by atoms with E-state index in [1.807, 2.05) is 0 Å². The maximum absolute atomic E-state index is 5.63. The van der Waals surface area contributed by atoms with E-state index in [1.54, 1.807) is 0 Å². The van der Waals surface area contributed by atoms with Crippen molar-refractivity contribution in [2.75, 3.05) is 13.1 Å². The Kier molecular flexibility index (Phi) is 4.45. The predicted molar refractivity (Wildman–Crippen MR) is 64.9 cm³/mol. The van der Waals surface area contributed by atoms with E-state index in [-0.39, 0.29) is 0 Å². The van der Waals surface area contributed by atoms with Crippen LogP contribution in [0, 0.1) is 0 Å². The molecule has 0 radical (unpaired) electrons. The highest BCUT2D eigenvalue weighted by molar-refractivity contribution is 4.89. The molecular weight excluding hydrogens is 184 g/mol. The van der Waals surface area contributed by atoms with E-state index in [1.165, 1.54) is 64.3 Å². The second-order valence-electron chi connectivity index (χ2n) is 5.26. The molecular formula is C13H26N2. The SMILES string of the molecule is NCCCN(C1CCCCCC1)C1CC1. The van der Waals surface area contributed by atoms with Crippen LogP contribution in [0.2, 0.25) is 0 Å². The van der Waals surface area contributed by atoms with Gasteiger partial charge in [0.25, 0.3) is 0 Å². The Balaban J connectivity index is 1.83. The van der Waals surface area contributed by atoms with Crippen LogP contribution in [0.25, 0.3) is 0 Å². The number of hydrogen-bond acceptors (Lipinski definition) is 2. The predicted octanol–water partition coefficient (Wildman–Crippen LogP) is 2.52. The standard InChI is InChI=1S/C13H26N2/c14-10-5-11-15(13-8-9-13)12-6-3-1-2-4-7-12/h12-13H,1-11,14H2. The summed E-state index contributed by atoms with van der Waals surface area (Å²) in [5.74, 6) is 0. The summed E-state index contributed by atoms with van der Waals surface area (Å²) < 4.78 is 0. The van der Waals surface area contributed by atoms with Gasteiger partial charge >= 0.3 is 0 Å². The van der Waals surface area contributed by atoms with Crippen molar-refractivity contribution in [3.8, 4) is 0 Å². The minimum absolute atomic E-state index is 0.857. The monoisotopic (exact) mass is 210 g/mol. The fourth-order valence-corrected chi connectivity index (χ4v) is 2.93. The Hall–Kier alpha value is -0.0800.